The number of hydrogen-bond donors (Lipinski definition) is 1. The molecule has 1 fully saturated rings. The molecule has 1 unspecified atom stereocenters. The Kier molecular flexibility index (Phi) is 4.74. The molecule has 0 aromatic heterocycles. The van der Waals surface area contributed by atoms with Crippen molar-refractivity contribution in [2.45, 2.75) is 45.6 Å². The van der Waals surface area contributed by atoms with Crippen LogP contribution in [0.5, 0.6) is 0 Å². The van der Waals surface area contributed by atoms with E-state index in [0.717, 1.165) is 16.0 Å². The van der Waals surface area contributed by atoms with E-state index in [-0.39, 0.29) is 0 Å². The molecule has 18 heavy (non-hydrogen) atoms. The van der Waals surface area contributed by atoms with Crippen molar-refractivity contribution in [3.05, 3.63) is 33.3 Å². The van der Waals surface area contributed by atoms with Gasteiger partial charge in [-0.3, -0.25) is 0 Å². The van der Waals surface area contributed by atoms with E-state index in [2.05, 4.69) is 47.2 Å². The van der Waals surface area contributed by atoms with E-state index in [0.29, 0.717) is 11.5 Å². The maximum Gasteiger partial charge on any atom is 0.0464 e. The minimum atomic E-state index is 0.308. The second kappa shape index (κ2) is 5.94. The zero-order valence-corrected chi connectivity index (χ0v) is 13.4. The first-order chi connectivity index (χ1) is 8.50. The molecule has 1 aliphatic carbocycles. The molecule has 1 N–H and O–H groups in total. The largest absolute Gasteiger partial charge is 0.310 e. The summed E-state index contributed by atoms with van der Waals surface area (Å²) >= 11 is 9.73. The summed E-state index contributed by atoms with van der Waals surface area (Å²) in [7, 11) is 0. The van der Waals surface area contributed by atoms with Crippen LogP contribution >= 0.6 is 27.5 Å². The molecule has 1 aromatic carbocycles. The van der Waals surface area contributed by atoms with Gasteiger partial charge in [0, 0.05) is 22.1 Å². The number of rotatable bonds is 4. The van der Waals surface area contributed by atoms with E-state index in [1.807, 2.05) is 6.07 Å². The van der Waals surface area contributed by atoms with E-state index in [9.17, 15) is 0 Å². The first kappa shape index (κ1) is 14.4. The van der Waals surface area contributed by atoms with Gasteiger partial charge >= 0.3 is 0 Å². The lowest BCUT2D eigenvalue weighted by molar-refractivity contribution is 0.302. The highest BCUT2D eigenvalue weighted by atomic mass is 79.9. The fourth-order valence-electron chi connectivity index (χ4n) is 2.77. The molecule has 0 bridgehead atoms. The Morgan fingerprint density at radius 2 is 2.06 bits per heavy atom. The molecule has 0 radical (unpaired) electrons. The summed E-state index contributed by atoms with van der Waals surface area (Å²) in [6.07, 6.45) is 5.46. The molecular formula is C15H21BrClN. The van der Waals surface area contributed by atoms with Crippen molar-refractivity contribution in [1.82, 2.24) is 5.32 Å². The van der Waals surface area contributed by atoms with E-state index < -0.39 is 0 Å². The van der Waals surface area contributed by atoms with Crippen molar-refractivity contribution < 1.29 is 0 Å². The predicted molar refractivity (Wildman–Crippen MR) is 82.1 cm³/mol. The van der Waals surface area contributed by atoms with Gasteiger partial charge in [-0.25, -0.2) is 0 Å². The Morgan fingerprint density at radius 3 is 2.67 bits per heavy atom. The highest BCUT2D eigenvalue weighted by Crippen LogP contribution is 2.37. The molecule has 1 saturated carbocycles. The Morgan fingerprint density at radius 1 is 1.39 bits per heavy atom. The second-order valence-electron chi connectivity index (χ2n) is 5.79. The zero-order chi connectivity index (χ0) is 13.2. The van der Waals surface area contributed by atoms with E-state index >= 15 is 0 Å². The van der Waals surface area contributed by atoms with E-state index in [1.54, 1.807) is 0 Å². The minimum absolute atomic E-state index is 0.308. The van der Waals surface area contributed by atoms with Crippen LogP contribution in [0, 0.1) is 5.41 Å². The van der Waals surface area contributed by atoms with Crippen molar-refractivity contribution in [2.75, 3.05) is 6.54 Å². The van der Waals surface area contributed by atoms with Gasteiger partial charge in [0.1, 0.15) is 0 Å². The van der Waals surface area contributed by atoms with Gasteiger partial charge < -0.3 is 5.32 Å². The Balaban J connectivity index is 1.97. The normalized spacial score (nSPS) is 20.0. The molecule has 0 spiro atoms. The van der Waals surface area contributed by atoms with Crippen molar-refractivity contribution in [1.29, 1.82) is 0 Å². The molecule has 1 aliphatic rings. The molecule has 0 heterocycles. The van der Waals surface area contributed by atoms with Crippen molar-refractivity contribution in [3.8, 4) is 0 Å². The number of halogens is 2. The fourth-order valence-corrected chi connectivity index (χ4v) is 3.60. The lowest BCUT2D eigenvalue weighted by Gasteiger charge is -2.27. The van der Waals surface area contributed by atoms with Gasteiger partial charge in [-0.1, -0.05) is 53.4 Å². The SMILES string of the molecule is CC(NCC1(C)CCCC1)c1ccc(Br)cc1Cl. The number of hydrogen-bond acceptors (Lipinski definition) is 1. The smallest absolute Gasteiger partial charge is 0.0464 e. The van der Waals surface area contributed by atoms with E-state index in [1.165, 1.54) is 31.2 Å². The summed E-state index contributed by atoms with van der Waals surface area (Å²) in [5, 5.41) is 4.48. The third-order valence-corrected chi connectivity index (χ3v) is 4.90. The van der Waals surface area contributed by atoms with Crippen LogP contribution in [-0.4, -0.2) is 6.54 Å². The first-order valence-electron chi connectivity index (χ1n) is 6.68. The standard InChI is InChI=1S/C15H21BrClN/c1-11(13-6-5-12(16)9-14(13)17)18-10-15(2)7-3-4-8-15/h5-6,9,11,18H,3-4,7-8,10H2,1-2H3. The average Bonchev–Trinajstić information content (AvgIpc) is 2.74. The van der Waals surface area contributed by atoms with Crippen molar-refractivity contribution >= 4 is 27.5 Å². The Hall–Kier alpha value is -0.0500. The molecule has 0 aliphatic heterocycles. The van der Waals surface area contributed by atoms with Crippen LogP contribution in [0.15, 0.2) is 22.7 Å². The first-order valence-corrected chi connectivity index (χ1v) is 7.86. The fraction of sp³-hybridized carbons (Fsp3) is 0.600. The molecule has 1 aromatic rings. The van der Waals surface area contributed by atoms with Gasteiger partial charge in [-0.2, -0.15) is 0 Å². The van der Waals surface area contributed by atoms with Crippen LogP contribution < -0.4 is 5.32 Å². The molecule has 2 rings (SSSR count). The summed E-state index contributed by atoms with van der Waals surface area (Å²) < 4.78 is 1.03. The van der Waals surface area contributed by atoms with Crippen LogP contribution in [0.25, 0.3) is 0 Å². The monoisotopic (exact) mass is 329 g/mol. The third-order valence-electron chi connectivity index (χ3n) is 4.07. The number of benzene rings is 1. The lowest BCUT2D eigenvalue weighted by atomic mass is 9.88. The highest BCUT2D eigenvalue weighted by Gasteiger charge is 2.28. The molecule has 0 saturated heterocycles. The predicted octanol–water partition coefficient (Wildman–Crippen LogP) is 5.33. The van der Waals surface area contributed by atoms with Gasteiger partial charge in [0.15, 0.2) is 0 Å². The summed E-state index contributed by atoms with van der Waals surface area (Å²) in [4.78, 5) is 0. The van der Waals surface area contributed by atoms with Crippen LogP contribution in [0.4, 0.5) is 0 Å². The van der Waals surface area contributed by atoms with Gasteiger partial charge in [0.25, 0.3) is 0 Å². The van der Waals surface area contributed by atoms with Gasteiger partial charge in [0.05, 0.1) is 0 Å². The molecule has 100 valence electrons. The Bertz CT molecular complexity index is 413. The quantitative estimate of drug-likeness (QED) is 0.786. The van der Waals surface area contributed by atoms with Crippen LogP contribution in [-0.2, 0) is 0 Å². The average molecular weight is 331 g/mol. The Labute approximate surface area is 123 Å². The van der Waals surface area contributed by atoms with Gasteiger partial charge in [0.2, 0.25) is 0 Å². The van der Waals surface area contributed by atoms with Crippen LogP contribution in [0.2, 0.25) is 5.02 Å². The van der Waals surface area contributed by atoms with Gasteiger partial charge in [-0.15, -0.1) is 0 Å². The molecule has 1 atom stereocenters. The maximum absolute atomic E-state index is 6.28. The van der Waals surface area contributed by atoms with Crippen LogP contribution in [0.3, 0.4) is 0 Å². The lowest BCUT2D eigenvalue weighted by Crippen LogP contribution is -2.31. The van der Waals surface area contributed by atoms with Crippen molar-refractivity contribution in [2.24, 2.45) is 5.41 Å². The topological polar surface area (TPSA) is 12.0 Å². The summed E-state index contributed by atoms with van der Waals surface area (Å²) in [6.45, 7) is 5.66. The molecule has 3 heteroatoms. The summed E-state index contributed by atoms with van der Waals surface area (Å²) in [5.74, 6) is 0. The summed E-state index contributed by atoms with van der Waals surface area (Å²) in [6, 6.07) is 6.42. The maximum atomic E-state index is 6.28. The van der Waals surface area contributed by atoms with Crippen LogP contribution in [0.1, 0.15) is 51.1 Å². The molecular weight excluding hydrogens is 310 g/mol. The number of nitrogens with one attached hydrogen (secondary N) is 1. The third kappa shape index (κ3) is 3.49. The minimum Gasteiger partial charge on any atom is -0.310 e. The summed E-state index contributed by atoms with van der Waals surface area (Å²) in [5.41, 5.74) is 1.66. The van der Waals surface area contributed by atoms with Crippen molar-refractivity contribution in [3.63, 3.8) is 0 Å². The molecule has 0 amide bonds. The highest BCUT2D eigenvalue weighted by molar-refractivity contribution is 9.10. The van der Waals surface area contributed by atoms with E-state index in [4.69, 9.17) is 11.6 Å². The molecule has 1 nitrogen and oxygen atoms in total. The second-order valence-corrected chi connectivity index (χ2v) is 7.11. The zero-order valence-electron chi connectivity index (χ0n) is 11.1. The van der Waals surface area contributed by atoms with Gasteiger partial charge in [-0.05, 0) is 42.9 Å².